The second-order valence-corrected chi connectivity index (χ2v) is 3.96. The first-order valence-corrected chi connectivity index (χ1v) is 6.18. The van der Waals surface area contributed by atoms with Crippen molar-refractivity contribution < 1.29 is 13.9 Å². The van der Waals surface area contributed by atoms with Crippen LogP contribution in [-0.2, 0) is 11.2 Å². The number of nitrogens with zero attached hydrogens (tertiary/aromatic N) is 1. The molecule has 5 nitrogen and oxygen atoms in total. The largest absolute Gasteiger partial charge is 0.492 e. The molecule has 0 saturated heterocycles. The van der Waals surface area contributed by atoms with Gasteiger partial charge in [-0.3, -0.25) is 4.79 Å². The van der Waals surface area contributed by atoms with Crippen molar-refractivity contribution in [3.63, 3.8) is 0 Å². The molecule has 0 atom stereocenters. The Morgan fingerprint density at radius 3 is 3.00 bits per heavy atom. The van der Waals surface area contributed by atoms with Crippen molar-refractivity contribution in [1.29, 1.82) is 0 Å². The minimum atomic E-state index is -0.0739. The fourth-order valence-corrected chi connectivity index (χ4v) is 1.67. The summed E-state index contributed by atoms with van der Waals surface area (Å²) in [6.07, 6.45) is 3.81. The van der Waals surface area contributed by atoms with Crippen LogP contribution in [0.2, 0.25) is 0 Å². The molecule has 19 heavy (non-hydrogen) atoms. The fourth-order valence-electron chi connectivity index (χ4n) is 1.67. The zero-order chi connectivity index (χ0) is 13.5. The van der Waals surface area contributed by atoms with E-state index in [4.69, 9.17) is 9.15 Å². The molecule has 2 rings (SSSR count). The molecule has 0 bridgehead atoms. The minimum Gasteiger partial charge on any atom is -0.492 e. The van der Waals surface area contributed by atoms with E-state index in [9.17, 15) is 4.79 Å². The SMILES string of the molecule is CCOc1ccccc1NC(=O)CCc1cocn1. The second kappa shape index (κ2) is 6.58. The average molecular weight is 260 g/mol. The van der Waals surface area contributed by atoms with Crippen LogP contribution in [-0.4, -0.2) is 17.5 Å². The number of rotatable bonds is 6. The Labute approximate surface area is 111 Å². The number of nitrogens with one attached hydrogen (secondary N) is 1. The lowest BCUT2D eigenvalue weighted by atomic mass is 10.2. The summed E-state index contributed by atoms with van der Waals surface area (Å²) in [4.78, 5) is 15.8. The first-order valence-electron chi connectivity index (χ1n) is 6.18. The third-order valence-electron chi connectivity index (χ3n) is 2.55. The topological polar surface area (TPSA) is 64.4 Å². The van der Waals surface area contributed by atoms with Crippen LogP contribution in [0.3, 0.4) is 0 Å². The summed E-state index contributed by atoms with van der Waals surface area (Å²) in [5, 5.41) is 2.84. The number of aryl methyl sites for hydroxylation is 1. The lowest BCUT2D eigenvalue weighted by molar-refractivity contribution is -0.116. The van der Waals surface area contributed by atoms with Crippen molar-refractivity contribution in [3.05, 3.63) is 42.6 Å². The molecule has 1 amide bonds. The lowest BCUT2D eigenvalue weighted by Gasteiger charge is -2.10. The molecular weight excluding hydrogens is 244 g/mol. The van der Waals surface area contributed by atoms with E-state index < -0.39 is 0 Å². The van der Waals surface area contributed by atoms with Crippen LogP contribution < -0.4 is 10.1 Å². The highest BCUT2D eigenvalue weighted by atomic mass is 16.5. The van der Waals surface area contributed by atoms with Crippen molar-refractivity contribution in [1.82, 2.24) is 4.98 Å². The van der Waals surface area contributed by atoms with Crippen LogP contribution in [0, 0.1) is 0 Å². The van der Waals surface area contributed by atoms with Gasteiger partial charge in [-0.1, -0.05) is 12.1 Å². The van der Waals surface area contributed by atoms with Gasteiger partial charge in [-0.05, 0) is 19.1 Å². The molecule has 5 heteroatoms. The molecule has 2 aromatic rings. The second-order valence-electron chi connectivity index (χ2n) is 3.96. The highest BCUT2D eigenvalue weighted by Gasteiger charge is 2.08. The Kier molecular flexibility index (Phi) is 4.55. The number of carbonyl (C=O) groups excluding carboxylic acids is 1. The number of oxazole rings is 1. The molecule has 1 N–H and O–H groups in total. The molecule has 0 fully saturated rings. The number of aromatic nitrogens is 1. The van der Waals surface area contributed by atoms with Gasteiger partial charge in [-0.25, -0.2) is 4.98 Å². The number of para-hydroxylation sites is 2. The van der Waals surface area contributed by atoms with Gasteiger partial charge in [0, 0.05) is 12.8 Å². The van der Waals surface area contributed by atoms with Gasteiger partial charge in [-0.15, -0.1) is 0 Å². The number of carbonyl (C=O) groups is 1. The summed E-state index contributed by atoms with van der Waals surface area (Å²) >= 11 is 0. The van der Waals surface area contributed by atoms with E-state index >= 15 is 0 Å². The number of ether oxygens (including phenoxy) is 1. The maximum Gasteiger partial charge on any atom is 0.224 e. The van der Waals surface area contributed by atoms with Crippen molar-refractivity contribution >= 4 is 11.6 Å². The predicted molar refractivity (Wildman–Crippen MR) is 71.1 cm³/mol. The highest BCUT2D eigenvalue weighted by molar-refractivity contribution is 5.92. The molecule has 0 spiro atoms. The van der Waals surface area contributed by atoms with Crippen molar-refractivity contribution in [2.75, 3.05) is 11.9 Å². The summed E-state index contributed by atoms with van der Waals surface area (Å²) in [7, 11) is 0. The zero-order valence-electron chi connectivity index (χ0n) is 10.8. The van der Waals surface area contributed by atoms with Crippen LogP contribution in [0.15, 0.2) is 41.3 Å². The molecule has 0 radical (unpaired) electrons. The molecule has 0 aliphatic rings. The first kappa shape index (κ1) is 13.1. The Morgan fingerprint density at radius 1 is 1.42 bits per heavy atom. The summed E-state index contributed by atoms with van der Waals surface area (Å²) < 4.78 is 10.3. The van der Waals surface area contributed by atoms with E-state index in [1.165, 1.54) is 6.39 Å². The number of amides is 1. The third-order valence-corrected chi connectivity index (χ3v) is 2.55. The van der Waals surface area contributed by atoms with Crippen molar-refractivity contribution in [3.8, 4) is 5.75 Å². The fraction of sp³-hybridized carbons (Fsp3) is 0.286. The monoisotopic (exact) mass is 260 g/mol. The van der Waals surface area contributed by atoms with Gasteiger partial charge in [0.2, 0.25) is 5.91 Å². The minimum absolute atomic E-state index is 0.0739. The number of anilines is 1. The molecular formula is C14H16N2O3. The van der Waals surface area contributed by atoms with Gasteiger partial charge in [0.1, 0.15) is 12.0 Å². The number of hydrogen-bond acceptors (Lipinski definition) is 4. The van der Waals surface area contributed by atoms with Gasteiger partial charge >= 0.3 is 0 Å². The zero-order valence-corrected chi connectivity index (χ0v) is 10.8. The molecule has 100 valence electrons. The van der Waals surface area contributed by atoms with Gasteiger partial charge < -0.3 is 14.5 Å². The smallest absolute Gasteiger partial charge is 0.224 e. The van der Waals surface area contributed by atoms with E-state index in [0.717, 1.165) is 5.69 Å². The Balaban J connectivity index is 1.91. The van der Waals surface area contributed by atoms with Gasteiger partial charge in [0.25, 0.3) is 0 Å². The molecule has 0 saturated carbocycles. The van der Waals surface area contributed by atoms with E-state index in [2.05, 4.69) is 10.3 Å². The van der Waals surface area contributed by atoms with Gasteiger partial charge in [0.05, 0.1) is 18.0 Å². The number of hydrogen-bond donors (Lipinski definition) is 1. The van der Waals surface area contributed by atoms with E-state index in [1.54, 1.807) is 6.26 Å². The average Bonchev–Trinajstić information content (AvgIpc) is 2.92. The van der Waals surface area contributed by atoms with Crippen LogP contribution in [0.25, 0.3) is 0 Å². The van der Waals surface area contributed by atoms with Gasteiger partial charge in [0.15, 0.2) is 6.39 Å². The molecule has 0 aliphatic carbocycles. The highest BCUT2D eigenvalue weighted by Crippen LogP contribution is 2.23. The molecule has 1 aromatic heterocycles. The van der Waals surface area contributed by atoms with Gasteiger partial charge in [-0.2, -0.15) is 0 Å². The third kappa shape index (κ3) is 3.84. The number of benzene rings is 1. The summed E-state index contributed by atoms with van der Waals surface area (Å²) in [6.45, 7) is 2.47. The van der Waals surface area contributed by atoms with Crippen molar-refractivity contribution in [2.24, 2.45) is 0 Å². The van der Waals surface area contributed by atoms with E-state index in [1.807, 2.05) is 31.2 Å². The Hall–Kier alpha value is -2.30. The maximum absolute atomic E-state index is 11.8. The molecule has 0 unspecified atom stereocenters. The Bertz CT molecular complexity index is 523. The standard InChI is InChI=1S/C14H16N2O3/c1-2-19-13-6-4-3-5-12(13)16-14(17)8-7-11-9-18-10-15-11/h3-6,9-10H,2,7-8H2,1H3,(H,16,17). The van der Waals surface area contributed by atoms with Crippen molar-refractivity contribution in [2.45, 2.75) is 19.8 Å². The van der Waals surface area contributed by atoms with Crippen LogP contribution in [0.1, 0.15) is 19.0 Å². The molecule has 1 heterocycles. The van der Waals surface area contributed by atoms with Crippen LogP contribution in [0.5, 0.6) is 5.75 Å². The van der Waals surface area contributed by atoms with Crippen LogP contribution >= 0.6 is 0 Å². The Morgan fingerprint density at radius 2 is 2.26 bits per heavy atom. The van der Waals surface area contributed by atoms with Crippen LogP contribution in [0.4, 0.5) is 5.69 Å². The first-order chi connectivity index (χ1) is 9.29. The lowest BCUT2D eigenvalue weighted by Crippen LogP contribution is -2.13. The maximum atomic E-state index is 11.8. The molecule has 0 aliphatic heterocycles. The molecule has 1 aromatic carbocycles. The normalized spacial score (nSPS) is 10.2. The quantitative estimate of drug-likeness (QED) is 0.867. The predicted octanol–water partition coefficient (Wildman–Crippen LogP) is 2.64. The summed E-state index contributed by atoms with van der Waals surface area (Å²) in [6, 6.07) is 7.38. The van der Waals surface area contributed by atoms with E-state index in [0.29, 0.717) is 30.9 Å². The van der Waals surface area contributed by atoms with E-state index in [-0.39, 0.29) is 5.91 Å². The summed E-state index contributed by atoms with van der Waals surface area (Å²) in [5.74, 6) is 0.606. The summed E-state index contributed by atoms with van der Waals surface area (Å²) in [5.41, 5.74) is 1.46.